The van der Waals surface area contributed by atoms with Crippen molar-refractivity contribution in [3.63, 3.8) is 0 Å². The Morgan fingerprint density at radius 2 is 1.97 bits per heavy atom. The quantitative estimate of drug-likeness (QED) is 0.370. The van der Waals surface area contributed by atoms with Crippen LogP contribution in [0.1, 0.15) is 13.3 Å². The number of anilines is 1. The Bertz CT molecular complexity index is 1090. The summed E-state index contributed by atoms with van der Waals surface area (Å²) in [6.07, 6.45) is 4.34. The van der Waals surface area contributed by atoms with Gasteiger partial charge in [-0.2, -0.15) is 0 Å². The molecule has 0 bridgehead atoms. The van der Waals surface area contributed by atoms with Crippen LogP contribution in [0.5, 0.6) is 5.88 Å². The zero-order valence-electron chi connectivity index (χ0n) is 19.5. The predicted octanol–water partition coefficient (Wildman–Crippen LogP) is 1.62. The first-order valence-electron chi connectivity index (χ1n) is 11.1. The van der Waals surface area contributed by atoms with E-state index in [0.29, 0.717) is 56.4 Å². The number of hydrogen-bond donors (Lipinski definition) is 2. The molecule has 0 aliphatic carbocycles. The maximum atomic E-state index is 13.3. The highest BCUT2D eigenvalue weighted by Crippen LogP contribution is 2.23. The van der Waals surface area contributed by atoms with Crippen LogP contribution in [0.25, 0.3) is 22.3 Å². The highest BCUT2D eigenvalue weighted by atomic mass is 16.5. The average Bonchev–Trinajstić information content (AvgIpc) is 2.83. The second-order valence-corrected chi connectivity index (χ2v) is 7.64. The van der Waals surface area contributed by atoms with E-state index in [9.17, 15) is 4.79 Å². The number of methoxy groups -OCH3 is 1. The van der Waals surface area contributed by atoms with E-state index in [4.69, 9.17) is 14.6 Å². The minimum Gasteiger partial charge on any atom is -0.481 e. The van der Waals surface area contributed by atoms with Gasteiger partial charge in [0.2, 0.25) is 5.88 Å². The number of ether oxygens (including phenoxy) is 2. The molecule has 0 unspecified atom stereocenters. The minimum atomic E-state index is -0.223. The Kier molecular flexibility index (Phi) is 9.11. The van der Waals surface area contributed by atoms with Crippen molar-refractivity contribution in [2.45, 2.75) is 19.9 Å². The van der Waals surface area contributed by atoms with Gasteiger partial charge in [0.1, 0.15) is 0 Å². The standard InChI is InChI=1S/C23H32N6O4/c1-4-12-33-13-10-29-19-14-18(17-5-6-20(32-3)25-15-17)16-26-21(19)27-22(23(29)31)24-7-8-28(2)9-11-30/h5-6,14-16,30H,4,7-13H2,1-3H3,(H,24,26,27). The molecule has 3 aromatic rings. The molecular weight excluding hydrogens is 424 g/mol. The third-order valence-electron chi connectivity index (χ3n) is 5.16. The first-order valence-corrected chi connectivity index (χ1v) is 11.1. The molecule has 178 valence electrons. The van der Waals surface area contributed by atoms with Gasteiger partial charge in [0.15, 0.2) is 11.5 Å². The zero-order chi connectivity index (χ0) is 23.6. The zero-order valence-corrected chi connectivity index (χ0v) is 19.5. The van der Waals surface area contributed by atoms with Crippen molar-refractivity contribution in [3.8, 4) is 17.0 Å². The Morgan fingerprint density at radius 3 is 2.67 bits per heavy atom. The Labute approximate surface area is 193 Å². The lowest BCUT2D eigenvalue weighted by Crippen LogP contribution is -2.31. The number of nitrogens with one attached hydrogen (secondary N) is 1. The molecule has 33 heavy (non-hydrogen) atoms. The van der Waals surface area contributed by atoms with E-state index in [1.54, 1.807) is 30.1 Å². The molecule has 0 atom stereocenters. The molecule has 0 saturated carbocycles. The number of rotatable bonds is 13. The van der Waals surface area contributed by atoms with E-state index in [1.165, 1.54) is 0 Å². The fourth-order valence-corrected chi connectivity index (χ4v) is 3.34. The molecule has 0 amide bonds. The van der Waals surface area contributed by atoms with Crippen LogP contribution in [0.2, 0.25) is 0 Å². The van der Waals surface area contributed by atoms with E-state index in [1.807, 2.05) is 31.0 Å². The van der Waals surface area contributed by atoms with E-state index in [-0.39, 0.29) is 18.0 Å². The maximum Gasteiger partial charge on any atom is 0.293 e. The minimum absolute atomic E-state index is 0.0886. The van der Waals surface area contributed by atoms with Crippen molar-refractivity contribution in [3.05, 3.63) is 40.9 Å². The second-order valence-electron chi connectivity index (χ2n) is 7.64. The van der Waals surface area contributed by atoms with Gasteiger partial charge in [0.25, 0.3) is 5.56 Å². The Balaban J connectivity index is 1.93. The molecule has 0 aliphatic heterocycles. The predicted molar refractivity (Wildman–Crippen MR) is 128 cm³/mol. The molecule has 10 nitrogen and oxygen atoms in total. The molecule has 0 saturated heterocycles. The number of pyridine rings is 2. The number of aromatic nitrogens is 4. The van der Waals surface area contributed by atoms with Crippen LogP contribution < -0.4 is 15.6 Å². The van der Waals surface area contributed by atoms with Crippen LogP contribution >= 0.6 is 0 Å². The topological polar surface area (TPSA) is 115 Å². The SMILES string of the molecule is CCCOCCn1c(=O)c(NCCN(C)CCO)nc2ncc(-c3ccc(OC)nc3)cc21. The van der Waals surface area contributed by atoms with Gasteiger partial charge in [-0.3, -0.25) is 9.36 Å². The maximum absolute atomic E-state index is 13.3. The number of aliphatic hydroxyl groups excluding tert-OH is 1. The van der Waals surface area contributed by atoms with Crippen LogP contribution in [0.15, 0.2) is 35.4 Å². The van der Waals surface area contributed by atoms with Crippen molar-refractivity contribution in [1.29, 1.82) is 0 Å². The largest absolute Gasteiger partial charge is 0.481 e. The van der Waals surface area contributed by atoms with Crippen LogP contribution in [0.4, 0.5) is 5.82 Å². The van der Waals surface area contributed by atoms with Gasteiger partial charge in [-0.25, -0.2) is 15.0 Å². The van der Waals surface area contributed by atoms with Gasteiger partial charge >= 0.3 is 0 Å². The number of hydrogen-bond acceptors (Lipinski definition) is 9. The fourth-order valence-electron chi connectivity index (χ4n) is 3.34. The van der Waals surface area contributed by atoms with Gasteiger partial charge in [-0.15, -0.1) is 0 Å². The highest BCUT2D eigenvalue weighted by Gasteiger charge is 2.14. The summed E-state index contributed by atoms with van der Waals surface area (Å²) in [5.41, 5.74) is 2.58. The number of fused-ring (bicyclic) bond motifs is 1. The summed E-state index contributed by atoms with van der Waals surface area (Å²) in [6, 6.07) is 5.58. The lowest BCUT2D eigenvalue weighted by atomic mass is 10.1. The molecule has 0 aromatic carbocycles. The van der Waals surface area contributed by atoms with Crippen molar-refractivity contribution in [2.24, 2.45) is 0 Å². The van der Waals surface area contributed by atoms with E-state index in [2.05, 4.69) is 20.3 Å². The molecular formula is C23H32N6O4. The molecule has 0 spiro atoms. The normalized spacial score (nSPS) is 11.3. The van der Waals surface area contributed by atoms with Crippen LogP contribution in [-0.2, 0) is 11.3 Å². The molecule has 0 radical (unpaired) electrons. The average molecular weight is 457 g/mol. The highest BCUT2D eigenvalue weighted by molar-refractivity contribution is 5.78. The lowest BCUT2D eigenvalue weighted by molar-refractivity contribution is 0.127. The molecule has 0 aliphatic rings. The fraction of sp³-hybridized carbons (Fsp3) is 0.478. The van der Waals surface area contributed by atoms with Gasteiger partial charge in [-0.05, 0) is 25.6 Å². The molecule has 3 aromatic heterocycles. The summed E-state index contributed by atoms with van der Waals surface area (Å²) in [7, 11) is 3.48. The van der Waals surface area contributed by atoms with Crippen molar-refractivity contribution in [1.82, 2.24) is 24.4 Å². The molecule has 2 N–H and O–H groups in total. The lowest BCUT2D eigenvalue weighted by Gasteiger charge is -2.17. The van der Waals surface area contributed by atoms with Crippen LogP contribution in [0.3, 0.4) is 0 Å². The smallest absolute Gasteiger partial charge is 0.293 e. The number of aliphatic hydroxyl groups is 1. The van der Waals surface area contributed by atoms with Gasteiger partial charge < -0.3 is 24.8 Å². The summed E-state index contributed by atoms with van der Waals surface area (Å²) < 4.78 is 12.4. The monoisotopic (exact) mass is 456 g/mol. The number of nitrogens with zero attached hydrogens (tertiary/aromatic N) is 5. The third-order valence-corrected chi connectivity index (χ3v) is 5.16. The third kappa shape index (κ3) is 6.47. The Hall–Kier alpha value is -3.08. The first kappa shape index (κ1) is 24.6. The van der Waals surface area contributed by atoms with Gasteiger partial charge in [-0.1, -0.05) is 6.92 Å². The first-order chi connectivity index (χ1) is 16.1. The van der Waals surface area contributed by atoms with Crippen LogP contribution in [-0.4, -0.2) is 83.1 Å². The molecule has 10 heteroatoms. The summed E-state index contributed by atoms with van der Waals surface area (Å²) in [6.45, 7) is 5.33. The molecule has 3 rings (SSSR count). The molecule has 0 fully saturated rings. The van der Waals surface area contributed by atoms with E-state index < -0.39 is 0 Å². The second kappa shape index (κ2) is 12.2. The van der Waals surface area contributed by atoms with Crippen molar-refractivity contribution < 1.29 is 14.6 Å². The summed E-state index contributed by atoms with van der Waals surface area (Å²) in [4.78, 5) is 28.5. The van der Waals surface area contributed by atoms with Crippen LogP contribution in [0, 0.1) is 0 Å². The van der Waals surface area contributed by atoms with E-state index in [0.717, 1.165) is 17.5 Å². The number of likely N-dealkylation sites (N-methyl/N-ethyl adjacent to an activating group) is 1. The summed E-state index contributed by atoms with van der Waals surface area (Å²) >= 11 is 0. The summed E-state index contributed by atoms with van der Waals surface area (Å²) in [5.74, 6) is 0.779. The summed E-state index contributed by atoms with van der Waals surface area (Å²) in [5, 5.41) is 12.2. The molecule has 3 heterocycles. The van der Waals surface area contributed by atoms with E-state index >= 15 is 0 Å². The van der Waals surface area contributed by atoms with Gasteiger partial charge in [0.05, 0.1) is 25.8 Å². The van der Waals surface area contributed by atoms with Crippen molar-refractivity contribution in [2.75, 3.05) is 58.9 Å². The Morgan fingerprint density at radius 1 is 1.15 bits per heavy atom. The van der Waals surface area contributed by atoms with Gasteiger partial charge in [0, 0.05) is 62.4 Å². The van der Waals surface area contributed by atoms with Crippen molar-refractivity contribution >= 4 is 17.0 Å².